The van der Waals surface area contributed by atoms with Gasteiger partial charge in [0.25, 0.3) is 5.91 Å². The van der Waals surface area contributed by atoms with Crippen molar-refractivity contribution in [3.8, 4) is 11.5 Å². The summed E-state index contributed by atoms with van der Waals surface area (Å²) in [6, 6.07) is 4.44. The third kappa shape index (κ3) is 3.92. The first-order valence-electron chi connectivity index (χ1n) is 5.92. The van der Waals surface area contributed by atoms with Crippen LogP contribution in [0.25, 0.3) is 0 Å². The Morgan fingerprint density at radius 3 is 2.56 bits per heavy atom. The SMILES string of the molecule is CC(C)N(C)CCNC(=O)c1ccc(O)c(O)c1. The van der Waals surface area contributed by atoms with Crippen LogP contribution < -0.4 is 5.32 Å². The fourth-order valence-electron chi connectivity index (χ4n) is 1.37. The summed E-state index contributed by atoms with van der Waals surface area (Å²) in [5, 5.41) is 21.2. The highest BCUT2D eigenvalue weighted by Crippen LogP contribution is 2.24. The topological polar surface area (TPSA) is 72.8 Å². The minimum absolute atomic E-state index is 0.230. The van der Waals surface area contributed by atoms with Crippen LogP contribution in [0.1, 0.15) is 24.2 Å². The van der Waals surface area contributed by atoms with Crippen LogP contribution in [0.2, 0.25) is 0 Å². The molecule has 0 saturated carbocycles. The Kier molecular flexibility index (Phi) is 4.97. The Morgan fingerprint density at radius 2 is 2.00 bits per heavy atom. The van der Waals surface area contributed by atoms with Crippen molar-refractivity contribution in [2.45, 2.75) is 19.9 Å². The standard InChI is InChI=1S/C13H20N2O3/c1-9(2)15(3)7-6-14-13(18)10-4-5-11(16)12(17)8-10/h4-5,8-9,16-17H,6-7H2,1-3H3,(H,14,18). The summed E-state index contributed by atoms with van der Waals surface area (Å²) in [6.07, 6.45) is 0. The number of rotatable bonds is 5. The summed E-state index contributed by atoms with van der Waals surface area (Å²) in [4.78, 5) is 13.9. The molecular weight excluding hydrogens is 232 g/mol. The van der Waals surface area contributed by atoms with Gasteiger partial charge in [-0.25, -0.2) is 0 Å². The summed E-state index contributed by atoms with van der Waals surface area (Å²) in [6.45, 7) is 5.46. The normalized spacial score (nSPS) is 10.9. The maximum atomic E-state index is 11.7. The molecule has 0 spiro atoms. The summed E-state index contributed by atoms with van der Waals surface area (Å²) in [5.41, 5.74) is 0.331. The van der Waals surface area contributed by atoms with Crippen molar-refractivity contribution in [2.75, 3.05) is 20.1 Å². The molecule has 0 fully saturated rings. The number of hydrogen-bond donors (Lipinski definition) is 3. The van der Waals surface area contributed by atoms with Crippen LogP contribution in [-0.4, -0.2) is 47.2 Å². The van der Waals surface area contributed by atoms with Crippen LogP contribution in [0.15, 0.2) is 18.2 Å². The number of aromatic hydroxyl groups is 2. The van der Waals surface area contributed by atoms with Gasteiger partial charge in [0, 0.05) is 24.7 Å². The van der Waals surface area contributed by atoms with Crippen LogP contribution in [0.3, 0.4) is 0 Å². The first-order valence-corrected chi connectivity index (χ1v) is 5.92. The molecule has 1 rings (SSSR count). The van der Waals surface area contributed by atoms with Gasteiger partial charge in [-0.05, 0) is 39.1 Å². The number of likely N-dealkylation sites (N-methyl/N-ethyl adjacent to an activating group) is 1. The molecule has 0 atom stereocenters. The van der Waals surface area contributed by atoms with Gasteiger partial charge in [0.2, 0.25) is 0 Å². The summed E-state index contributed by atoms with van der Waals surface area (Å²) >= 11 is 0. The first-order chi connectivity index (χ1) is 8.41. The van der Waals surface area contributed by atoms with Crippen LogP contribution in [-0.2, 0) is 0 Å². The van der Waals surface area contributed by atoms with Gasteiger partial charge in [-0.2, -0.15) is 0 Å². The molecule has 1 aromatic carbocycles. The highest BCUT2D eigenvalue weighted by molar-refractivity contribution is 5.94. The summed E-state index contributed by atoms with van der Waals surface area (Å²) in [7, 11) is 1.99. The monoisotopic (exact) mass is 252 g/mol. The molecule has 1 aromatic rings. The lowest BCUT2D eigenvalue weighted by Gasteiger charge is -2.20. The van der Waals surface area contributed by atoms with Gasteiger partial charge in [0.05, 0.1) is 0 Å². The first kappa shape index (κ1) is 14.3. The third-order valence-corrected chi connectivity index (χ3v) is 2.87. The van der Waals surface area contributed by atoms with Crippen molar-refractivity contribution in [3.63, 3.8) is 0 Å². The van der Waals surface area contributed by atoms with E-state index in [-0.39, 0.29) is 17.4 Å². The molecule has 18 heavy (non-hydrogen) atoms. The minimum atomic E-state index is -0.290. The molecule has 100 valence electrons. The molecule has 0 aliphatic rings. The average Bonchev–Trinajstić information content (AvgIpc) is 2.32. The maximum Gasteiger partial charge on any atom is 0.251 e. The minimum Gasteiger partial charge on any atom is -0.504 e. The maximum absolute atomic E-state index is 11.7. The number of amides is 1. The van der Waals surface area contributed by atoms with E-state index in [4.69, 9.17) is 5.11 Å². The number of nitrogens with one attached hydrogen (secondary N) is 1. The molecule has 0 unspecified atom stereocenters. The Bertz CT molecular complexity index is 419. The second-order valence-corrected chi connectivity index (χ2v) is 4.53. The molecule has 0 aliphatic carbocycles. The molecule has 0 saturated heterocycles. The number of carbonyl (C=O) groups excluding carboxylic acids is 1. The van der Waals surface area contributed by atoms with E-state index < -0.39 is 0 Å². The van der Waals surface area contributed by atoms with E-state index in [0.29, 0.717) is 18.2 Å². The molecule has 0 heterocycles. The van der Waals surface area contributed by atoms with Crippen molar-refractivity contribution in [2.24, 2.45) is 0 Å². The van der Waals surface area contributed by atoms with Gasteiger partial charge >= 0.3 is 0 Å². The van der Waals surface area contributed by atoms with Crippen molar-refractivity contribution in [1.29, 1.82) is 0 Å². The zero-order chi connectivity index (χ0) is 13.7. The third-order valence-electron chi connectivity index (χ3n) is 2.87. The Hall–Kier alpha value is -1.75. The highest BCUT2D eigenvalue weighted by atomic mass is 16.3. The Balaban J connectivity index is 2.48. The zero-order valence-electron chi connectivity index (χ0n) is 11.0. The number of benzene rings is 1. The van der Waals surface area contributed by atoms with Gasteiger partial charge in [0.1, 0.15) is 0 Å². The summed E-state index contributed by atoms with van der Waals surface area (Å²) < 4.78 is 0. The van der Waals surface area contributed by atoms with Gasteiger partial charge in [-0.15, -0.1) is 0 Å². The van der Waals surface area contributed by atoms with Crippen LogP contribution in [0, 0.1) is 0 Å². The molecule has 0 radical (unpaired) electrons. The largest absolute Gasteiger partial charge is 0.504 e. The van der Waals surface area contributed by atoms with E-state index >= 15 is 0 Å². The molecule has 5 nitrogen and oxygen atoms in total. The fraction of sp³-hybridized carbons (Fsp3) is 0.462. The quantitative estimate of drug-likeness (QED) is 0.688. The molecule has 5 heteroatoms. The van der Waals surface area contributed by atoms with Crippen molar-refractivity contribution in [1.82, 2.24) is 10.2 Å². The number of hydrogen-bond acceptors (Lipinski definition) is 4. The number of phenolic OH excluding ortho intramolecular Hbond substituents is 2. The number of phenols is 2. The lowest BCUT2D eigenvalue weighted by atomic mass is 10.2. The van der Waals surface area contributed by atoms with Gasteiger partial charge in [-0.1, -0.05) is 0 Å². The van der Waals surface area contributed by atoms with E-state index in [1.54, 1.807) is 0 Å². The second-order valence-electron chi connectivity index (χ2n) is 4.53. The van der Waals surface area contributed by atoms with E-state index in [9.17, 15) is 9.90 Å². The van der Waals surface area contributed by atoms with Crippen LogP contribution in [0.5, 0.6) is 11.5 Å². The highest BCUT2D eigenvalue weighted by Gasteiger charge is 2.09. The van der Waals surface area contributed by atoms with E-state index in [1.165, 1.54) is 18.2 Å². The number of carbonyl (C=O) groups is 1. The summed E-state index contributed by atoms with van der Waals surface area (Å²) in [5.74, 6) is -0.782. The lowest BCUT2D eigenvalue weighted by molar-refractivity contribution is 0.0947. The predicted octanol–water partition coefficient (Wildman–Crippen LogP) is 1.17. The molecule has 0 bridgehead atoms. The van der Waals surface area contributed by atoms with Crippen molar-refractivity contribution in [3.05, 3.63) is 23.8 Å². The lowest BCUT2D eigenvalue weighted by Crippen LogP contribution is -2.36. The molecule has 3 N–H and O–H groups in total. The molecule has 0 aromatic heterocycles. The smallest absolute Gasteiger partial charge is 0.251 e. The second kappa shape index (κ2) is 6.26. The zero-order valence-corrected chi connectivity index (χ0v) is 11.0. The molecule has 1 amide bonds. The Labute approximate surface area is 107 Å². The van der Waals surface area contributed by atoms with E-state index in [1.807, 2.05) is 7.05 Å². The number of nitrogens with zero attached hydrogens (tertiary/aromatic N) is 1. The van der Waals surface area contributed by atoms with Crippen LogP contribution in [0.4, 0.5) is 0 Å². The van der Waals surface area contributed by atoms with Crippen LogP contribution >= 0.6 is 0 Å². The van der Waals surface area contributed by atoms with E-state index in [2.05, 4.69) is 24.1 Å². The van der Waals surface area contributed by atoms with Crippen molar-refractivity contribution >= 4 is 5.91 Å². The average molecular weight is 252 g/mol. The van der Waals surface area contributed by atoms with Gasteiger partial charge in [-0.3, -0.25) is 4.79 Å². The molecule has 0 aliphatic heterocycles. The Morgan fingerprint density at radius 1 is 1.33 bits per heavy atom. The van der Waals surface area contributed by atoms with Crippen molar-refractivity contribution < 1.29 is 15.0 Å². The fourth-order valence-corrected chi connectivity index (χ4v) is 1.37. The van der Waals surface area contributed by atoms with E-state index in [0.717, 1.165) is 6.54 Å². The van der Waals surface area contributed by atoms with Gasteiger partial charge in [0.15, 0.2) is 11.5 Å². The molecular formula is C13H20N2O3. The predicted molar refractivity (Wildman–Crippen MR) is 69.9 cm³/mol. The van der Waals surface area contributed by atoms with Gasteiger partial charge < -0.3 is 20.4 Å².